The van der Waals surface area contributed by atoms with Crippen LogP contribution in [0.25, 0.3) is 0 Å². The maximum absolute atomic E-state index is 6.00. The number of hydrogen-bond acceptors (Lipinski definition) is 2. The summed E-state index contributed by atoms with van der Waals surface area (Å²) in [6, 6.07) is 5.25. The Kier molecular flexibility index (Phi) is 3.29. The number of ether oxygens (including phenoxy) is 1. The Labute approximate surface area is 110 Å². The molecule has 1 fully saturated rings. The fourth-order valence-corrected chi connectivity index (χ4v) is 3.46. The topological polar surface area (TPSA) is 12.5 Å². The second-order valence-electron chi connectivity index (χ2n) is 5.88. The van der Waals surface area contributed by atoms with Crippen LogP contribution in [0, 0.1) is 13.8 Å². The average Bonchev–Trinajstić information content (AvgIpc) is 2.39. The first-order valence-electron chi connectivity index (χ1n) is 7.21. The number of nitrogens with zero attached hydrogens (tertiary/aromatic N) is 1. The van der Waals surface area contributed by atoms with Gasteiger partial charge in [-0.25, -0.2) is 0 Å². The molecule has 1 aromatic rings. The number of fused-ring (bicyclic) bond motifs is 1. The highest BCUT2D eigenvalue weighted by atomic mass is 16.5. The zero-order valence-electron chi connectivity index (χ0n) is 11.5. The molecule has 18 heavy (non-hydrogen) atoms. The minimum absolute atomic E-state index is 0.743. The van der Waals surface area contributed by atoms with E-state index >= 15 is 0 Å². The number of aryl methyl sites for hydroxylation is 2. The molecule has 0 spiro atoms. The quantitative estimate of drug-likeness (QED) is 0.746. The van der Waals surface area contributed by atoms with Crippen LogP contribution in [-0.2, 0) is 6.54 Å². The van der Waals surface area contributed by atoms with Gasteiger partial charge in [0.25, 0.3) is 0 Å². The summed E-state index contributed by atoms with van der Waals surface area (Å²) < 4.78 is 6.00. The van der Waals surface area contributed by atoms with Crippen LogP contribution in [0.3, 0.4) is 0 Å². The van der Waals surface area contributed by atoms with Crippen molar-refractivity contribution in [2.24, 2.45) is 0 Å². The average molecular weight is 245 g/mol. The normalized spacial score (nSPS) is 21.4. The maximum Gasteiger partial charge on any atom is 0.142 e. The van der Waals surface area contributed by atoms with Crippen LogP contribution in [0.15, 0.2) is 12.1 Å². The predicted molar refractivity (Wildman–Crippen MR) is 73.8 cm³/mol. The van der Waals surface area contributed by atoms with Gasteiger partial charge in [-0.3, -0.25) is 4.90 Å². The van der Waals surface area contributed by atoms with Crippen LogP contribution in [0.1, 0.15) is 48.8 Å². The molecule has 2 nitrogen and oxygen atoms in total. The van der Waals surface area contributed by atoms with Gasteiger partial charge in [0.2, 0.25) is 0 Å². The smallest absolute Gasteiger partial charge is 0.142 e. The molecule has 0 unspecified atom stereocenters. The second-order valence-corrected chi connectivity index (χ2v) is 5.88. The van der Waals surface area contributed by atoms with E-state index in [1.165, 1.54) is 48.8 Å². The van der Waals surface area contributed by atoms with Crippen molar-refractivity contribution in [3.8, 4) is 5.75 Å². The van der Waals surface area contributed by atoms with Crippen LogP contribution >= 0.6 is 0 Å². The lowest BCUT2D eigenvalue weighted by molar-refractivity contribution is 0.0398. The first-order valence-corrected chi connectivity index (χ1v) is 7.21. The van der Waals surface area contributed by atoms with Crippen LogP contribution in [0.4, 0.5) is 0 Å². The zero-order valence-corrected chi connectivity index (χ0v) is 11.5. The van der Waals surface area contributed by atoms with Gasteiger partial charge in [0, 0.05) is 18.2 Å². The molecule has 1 aliphatic carbocycles. The minimum atomic E-state index is 0.743. The lowest BCUT2D eigenvalue weighted by Crippen LogP contribution is -2.41. The summed E-state index contributed by atoms with van der Waals surface area (Å²) in [5, 5.41) is 0. The first kappa shape index (κ1) is 12.0. The predicted octanol–water partition coefficient (Wildman–Crippen LogP) is 3.79. The van der Waals surface area contributed by atoms with Gasteiger partial charge in [-0.05, 0) is 32.3 Å². The second kappa shape index (κ2) is 4.93. The standard InChI is InChI=1S/C16H23NO/c1-12-8-13(2)16-14(9-12)10-17(11-18-16)15-6-4-3-5-7-15/h8-9,15H,3-7,10-11H2,1-2H3. The zero-order chi connectivity index (χ0) is 12.5. The van der Waals surface area contributed by atoms with E-state index in [4.69, 9.17) is 4.74 Å². The van der Waals surface area contributed by atoms with Crippen molar-refractivity contribution >= 4 is 0 Å². The number of rotatable bonds is 1. The monoisotopic (exact) mass is 245 g/mol. The van der Waals surface area contributed by atoms with Gasteiger partial charge in [-0.2, -0.15) is 0 Å². The molecule has 1 aromatic carbocycles. The molecule has 0 N–H and O–H groups in total. The van der Waals surface area contributed by atoms with E-state index in [-0.39, 0.29) is 0 Å². The molecule has 0 atom stereocenters. The Hall–Kier alpha value is -1.02. The summed E-state index contributed by atoms with van der Waals surface area (Å²) in [4.78, 5) is 2.53. The van der Waals surface area contributed by atoms with E-state index in [9.17, 15) is 0 Å². The SMILES string of the molecule is Cc1cc(C)c2c(c1)CN(C1CCCCC1)CO2. The molecule has 0 aromatic heterocycles. The summed E-state index contributed by atoms with van der Waals surface area (Å²) in [6.45, 7) is 6.18. The molecule has 1 saturated carbocycles. The van der Waals surface area contributed by atoms with Gasteiger partial charge in [-0.15, -0.1) is 0 Å². The van der Waals surface area contributed by atoms with Crippen molar-refractivity contribution < 1.29 is 4.74 Å². The van der Waals surface area contributed by atoms with Crippen molar-refractivity contribution in [2.45, 2.75) is 58.5 Å². The highest BCUT2D eigenvalue weighted by Crippen LogP contribution is 2.33. The summed E-state index contributed by atoms with van der Waals surface area (Å²) in [5.41, 5.74) is 4.01. The van der Waals surface area contributed by atoms with Gasteiger partial charge in [0.15, 0.2) is 0 Å². The van der Waals surface area contributed by atoms with Gasteiger partial charge < -0.3 is 4.74 Å². The summed E-state index contributed by atoms with van der Waals surface area (Å²) in [5.74, 6) is 1.13. The summed E-state index contributed by atoms with van der Waals surface area (Å²) in [7, 11) is 0. The molecule has 2 heteroatoms. The molecule has 0 amide bonds. The highest BCUT2D eigenvalue weighted by molar-refractivity contribution is 5.44. The maximum atomic E-state index is 6.00. The van der Waals surface area contributed by atoms with Crippen LogP contribution in [-0.4, -0.2) is 17.7 Å². The molecular formula is C16H23NO. The fourth-order valence-electron chi connectivity index (χ4n) is 3.46. The van der Waals surface area contributed by atoms with Crippen LogP contribution < -0.4 is 4.74 Å². The van der Waals surface area contributed by atoms with E-state index < -0.39 is 0 Å². The Bertz CT molecular complexity index is 435. The van der Waals surface area contributed by atoms with Gasteiger partial charge in [-0.1, -0.05) is 37.0 Å². The molecule has 98 valence electrons. The molecule has 0 saturated heterocycles. The van der Waals surface area contributed by atoms with Gasteiger partial charge >= 0.3 is 0 Å². The Balaban J connectivity index is 1.79. The summed E-state index contributed by atoms with van der Waals surface area (Å²) >= 11 is 0. The highest BCUT2D eigenvalue weighted by Gasteiger charge is 2.26. The van der Waals surface area contributed by atoms with E-state index in [1.807, 2.05) is 0 Å². The Morgan fingerprint density at radius 1 is 1.11 bits per heavy atom. The third-order valence-corrected chi connectivity index (χ3v) is 4.34. The minimum Gasteiger partial charge on any atom is -0.478 e. The van der Waals surface area contributed by atoms with Crippen molar-refractivity contribution in [1.82, 2.24) is 4.90 Å². The molecule has 0 bridgehead atoms. The van der Waals surface area contributed by atoms with E-state index in [0.29, 0.717) is 0 Å². The van der Waals surface area contributed by atoms with Gasteiger partial charge in [0.1, 0.15) is 12.5 Å². The van der Waals surface area contributed by atoms with Crippen molar-refractivity contribution in [3.63, 3.8) is 0 Å². The molecule has 3 rings (SSSR count). The third-order valence-electron chi connectivity index (χ3n) is 4.34. The third kappa shape index (κ3) is 2.26. The van der Waals surface area contributed by atoms with E-state index in [0.717, 1.165) is 25.1 Å². The Morgan fingerprint density at radius 3 is 2.67 bits per heavy atom. The van der Waals surface area contributed by atoms with Gasteiger partial charge in [0.05, 0.1) is 0 Å². The van der Waals surface area contributed by atoms with Crippen molar-refractivity contribution in [1.29, 1.82) is 0 Å². The van der Waals surface area contributed by atoms with E-state index in [1.54, 1.807) is 0 Å². The Morgan fingerprint density at radius 2 is 1.89 bits per heavy atom. The molecule has 0 radical (unpaired) electrons. The van der Waals surface area contributed by atoms with Crippen LogP contribution in [0.5, 0.6) is 5.75 Å². The van der Waals surface area contributed by atoms with Crippen molar-refractivity contribution in [3.05, 3.63) is 28.8 Å². The molecule has 2 aliphatic rings. The summed E-state index contributed by atoms with van der Waals surface area (Å²) in [6.07, 6.45) is 6.90. The molecule has 1 aliphatic heterocycles. The molecular weight excluding hydrogens is 222 g/mol. The fraction of sp³-hybridized carbons (Fsp3) is 0.625. The number of hydrogen-bond donors (Lipinski definition) is 0. The largest absolute Gasteiger partial charge is 0.478 e. The number of benzene rings is 1. The van der Waals surface area contributed by atoms with Crippen molar-refractivity contribution in [2.75, 3.05) is 6.73 Å². The lowest BCUT2D eigenvalue weighted by atomic mass is 9.93. The van der Waals surface area contributed by atoms with Crippen LogP contribution in [0.2, 0.25) is 0 Å². The van der Waals surface area contributed by atoms with E-state index in [2.05, 4.69) is 30.9 Å². The molecule has 1 heterocycles. The lowest BCUT2D eigenvalue weighted by Gasteiger charge is -2.37. The first-order chi connectivity index (χ1) is 8.74.